The molecule has 0 saturated carbocycles. The van der Waals surface area contributed by atoms with Crippen LogP contribution in [0.25, 0.3) is 0 Å². The molecule has 0 aliphatic rings. The zero-order chi connectivity index (χ0) is 13.0. The largest absolute Gasteiger partial charge is 0.322 e. The summed E-state index contributed by atoms with van der Waals surface area (Å²) < 4.78 is 0.893. The van der Waals surface area contributed by atoms with E-state index in [-0.39, 0.29) is 5.91 Å². The third kappa shape index (κ3) is 2.87. The van der Waals surface area contributed by atoms with Gasteiger partial charge in [0.1, 0.15) is 0 Å². The van der Waals surface area contributed by atoms with Gasteiger partial charge in [-0.05, 0) is 52.9 Å². The second kappa shape index (κ2) is 5.65. The summed E-state index contributed by atoms with van der Waals surface area (Å²) in [6.45, 7) is 0. The minimum atomic E-state index is -0.171. The molecule has 0 fully saturated rings. The molecule has 1 amide bonds. The smallest absolute Gasteiger partial charge is 0.256 e. The van der Waals surface area contributed by atoms with Crippen molar-refractivity contribution in [2.24, 2.45) is 0 Å². The van der Waals surface area contributed by atoms with E-state index in [0.717, 1.165) is 3.57 Å². The van der Waals surface area contributed by atoms with Crippen LogP contribution in [0.3, 0.4) is 0 Å². The molecular formula is C14H9IN2O. The number of benzene rings is 2. The molecule has 0 aliphatic carbocycles. The van der Waals surface area contributed by atoms with Crippen molar-refractivity contribution >= 4 is 34.2 Å². The molecule has 0 spiro atoms. The maximum absolute atomic E-state index is 12.0. The van der Waals surface area contributed by atoms with Gasteiger partial charge in [0, 0.05) is 9.26 Å². The quantitative estimate of drug-likeness (QED) is 0.846. The number of carbonyl (C=O) groups is 1. The first-order valence-electron chi connectivity index (χ1n) is 5.27. The maximum Gasteiger partial charge on any atom is 0.256 e. The minimum absolute atomic E-state index is 0.171. The van der Waals surface area contributed by atoms with Crippen LogP contribution in [0.1, 0.15) is 15.9 Å². The molecule has 0 radical (unpaired) electrons. The molecule has 2 aromatic rings. The lowest BCUT2D eigenvalue weighted by molar-refractivity contribution is 0.102. The van der Waals surface area contributed by atoms with Gasteiger partial charge in [-0.1, -0.05) is 18.2 Å². The summed E-state index contributed by atoms with van der Waals surface area (Å²) in [7, 11) is 0. The van der Waals surface area contributed by atoms with E-state index in [2.05, 4.69) is 27.9 Å². The molecule has 0 aromatic heterocycles. The molecule has 1 N–H and O–H groups in total. The SMILES string of the molecule is N#Cc1cccc(NC(=O)c2ccccc2I)c1. The number of anilines is 1. The summed E-state index contributed by atoms with van der Waals surface area (Å²) in [6.07, 6.45) is 0. The lowest BCUT2D eigenvalue weighted by Crippen LogP contribution is -2.13. The van der Waals surface area contributed by atoms with Crippen LogP contribution in [0, 0.1) is 14.9 Å². The van der Waals surface area contributed by atoms with Gasteiger partial charge in [-0.3, -0.25) is 4.79 Å². The standard InChI is InChI=1S/C14H9IN2O/c15-13-7-2-1-6-12(13)14(18)17-11-5-3-4-10(8-11)9-16/h1-8H,(H,17,18). The zero-order valence-corrected chi connectivity index (χ0v) is 11.5. The number of hydrogen-bond acceptors (Lipinski definition) is 2. The van der Waals surface area contributed by atoms with E-state index in [9.17, 15) is 4.79 Å². The maximum atomic E-state index is 12.0. The molecule has 0 bridgehead atoms. The van der Waals surface area contributed by atoms with Crippen LogP contribution in [-0.2, 0) is 0 Å². The average Bonchev–Trinajstić information content (AvgIpc) is 2.39. The second-order valence-corrected chi connectivity index (χ2v) is 4.79. The molecule has 4 heteroatoms. The Morgan fingerprint density at radius 3 is 2.67 bits per heavy atom. The number of nitrogens with one attached hydrogen (secondary N) is 1. The van der Waals surface area contributed by atoms with Crippen LogP contribution in [0.4, 0.5) is 5.69 Å². The van der Waals surface area contributed by atoms with Gasteiger partial charge in [0.25, 0.3) is 5.91 Å². The Bertz CT molecular complexity index is 632. The van der Waals surface area contributed by atoms with Crippen molar-refractivity contribution in [1.29, 1.82) is 5.26 Å². The summed E-state index contributed by atoms with van der Waals surface area (Å²) in [5, 5.41) is 11.6. The van der Waals surface area contributed by atoms with Gasteiger partial charge in [-0.2, -0.15) is 5.26 Å². The summed E-state index contributed by atoms with van der Waals surface area (Å²) in [5.74, 6) is -0.171. The number of nitriles is 1. The van der Waals surface area contributed by atoms with Crippen LogP contribution < -0.4 is 5.32 Å². The number of halogens is 1. The lowest BCUT2D eigenvalue weighted by Gasteiger charge is -2.06. The van der Waals surface area contributed by atoms with E-state index in [1.54, 1.807) is 30.3 Å². The Balaban J connectivity index is 2.22. The fourth-order valence-corrected chi connectivity index (χ4v) is 2.14. The van der Waals surface area contributed by atoms with Crippen molar-refractivity contribution in [2.45, 2.75) is 0 Å². The van der Waals surface area contributed by atoms with Crippen LogP contribution in [0.2, 0.25) is 0 Å². The highest BCUT2D eigenvalue weighted by Gasteiger charge is 2.09. The van der Waals surface area contributed by atoms with Crippen molar-refractivity contribution in [3.8, 4) is 6.07 Å². The average molecular weight is 348 g/mol. The van der Waals surface area contributed by atoms with Crippen LogP contribution in [0.5, 0.6) is 0 Å². The van der Waals surface area contributed by atoms with E-state index >= 15 is 0 Å². The van der Waals surface area contributed by atoms with Crippen molar-refractivity contribution in [1.82, 2.24) is 0 Å². The number of nitrogens with zero attached hydrogens (tertiary/aromatic N) is 1. The summed E-state index contributed by atoms with van der Waals surface area (Å²) in [6, 6.07) is 16.2. The molecule has 3 nitrogen and oxygen atoms in total. The fourth-order valence-electron chi connectivity index (χ4n) is 1.51. The molecule has 2 rings (SSSR count). The van der Waals surface area contributed by atoms with Crippen molar-refractivity contribution in [3.05, 3.63) is 63.2 Å². The van der Waals surface area contributed by atoms with Gasteiger partial charge in [-0.15, -0.1) is 0 Å². The monoisotopic (exact) mass is 348 g/mol. The van der Waals surface area contributed by atoms with E-state index < -0.39 is 0 Å². The Hall–Kier alpha value is -1.87. The summed E-state index contributed by atoms with van der Waals surface area (Å²) in [5.41, 5.74) is 1.77. The highest BCUT2D eigenvalue weighted by atomic mass is 127. The number of hydrogen-bond donors (Lipinski definition) is 1. The van der Waals surface area contributed by atoms with Gasteiger partial charge in [-0.25, -0.2) is 0 Å². The molecule has 18 heavy (non-hydrogen) atoms. The molecule has 0 unspecified atom stereocenters. The van der Waals surface area contributed by atoms with Gasteiger partial charge in [0.05, 0.1) is 17.2 Å². The number of rotatable bonds is 2. The van der Waals surface area contributed by atoms with Crippen LogP contribution in [-0.4, -0.2) is 5.91 Å². The van der Waals surface area contributed by atoms with Crippen molar-refractivity contribution in [3.63, 3.8) is 0 Å². The predicted octanol–water partition coefficient (Wildman–Crippen LogP) is 3.42. The first kappa shape index (κ1) is 12.6. The van der Waals surface area contributed by atoms with Gasteiger partial charge < -0.3 is 5.32 Å². The fraction of sp³-hybridized carbons (Fsp3) is 0. The number of carbonyl (C=O) groups excluding carboxylic acids is 1. The highest BCUT2D eigenvalue weighted by molar-refractivity contribution is 14.1. The van der Waals surface area contributed by atoms with Gasteiger partial charge in [0.2, 0.25) is 0 Å². The summed E-state index contributed by atoms with van der Waals surface area (Å²) in [4.78, 5) is 12.0. The van der Waals surface area contributed by atoms with Gasteiger partial charge in [0.15, 0.2) is 0 Å². The first-order valence-corrected chi connectivity index (χ1v) is 6.34. The normalized spacial score (nSPS) is 9.56. The predicted molar refractivity (Wildman–Crippen MR) is 78.3 cm³/mol. The first-order chi connectivity index (χ1) is 8.70. The number of amides is 1. The molecule has 2 aromatic carbocycles. The highest BCUT2D eigenvalue weighted by Crippen LogP contribution is 2.15. The molecular weight excluding hydrogens is 339 g/mol. The molecule has 0 atom stereocenters. The van der Waals surface area contributed by atoms with E-state index in [1.807, 2.05) is 24.3 Å². The van der Waals surface area contributed by atoms with E-state index in [4.69, 9.17) is 5.26 Å². The van der Waals surface area contributed by atoms with Crippen molar-refractivity contribution < 1.29 is 4.79 Å². The third-order valence-electron chi connectivity index (χ3n) is 2.37. The summed E-state index contributed by atoms with van der Waals surface area (Å²) >= 11 is 2.12. The van der Waals surface area contributed by atoms with E-state index in [1.165, 1.54) is 0 Å². The molecule has 88 valence electrons. The third-order valence-corrected chi connectivity index (χ3v) is 3.31. The van der Waals surface area contributed by atoms with E-state index in [0.29, 0.717) is 16.8 Å². The molecule has 0 saturated heterocycles. The minimum Gasteiger partial charge on any atom is -0.322 e. The van der Waals surface area contributed by atoms with Crippen molar-refractivity contribution in [2.75, 3.05) is 5.32 Å². The topological polar surface area (TPSA) is 52.9 Å². The Morgan fingerprint density at radius 1 is 1.17 bits per heavy atom. The van der Waals surface area contributed by atoms with Crippen LogP contribution >= 0.6 is 22.6 Å². The lowest BCUT2D eigenvalue weighted by atomic mass is 10.2. The molecule has 0 aliphatic heterocycles. The Kier molecular flexibility index (Phi) is 3.95. The second-order valence-electron chi connectivity index (χ2n) is 3.63. The van der Waals surface area contributed by atoms with Gasteiger partial charge >= 0.3 is 0 Å². The Morgan fingerprint density at radius 2 is 1.94 bits per heavy atom. The molecule has 0 heterocycles. The zero-order valence-electron chi connectivity index (χ0n) is 9.35. The van der Waals surface area contributed by atoms with Crippen LogP contribution in [0.15, 0.2) is 48.5 Å². The Labute approximate surface area is 119 Å².